The van der Waals surface area contributed by atoms with Crippen LogP contribution in [0.3, 0.4) is 0 Å². The van der Waals surface area contributed by atoms with E-state index in [-0.39, 0.29) is 11.8 Å². The van der Waals surface area contributed by atoms with Crippen molar-refractivity contribution in [2.75, 3.05) is 12.3 Å². The Kier molecular flexibility index (Phi) is 11.6. The van der Waals surface area contributed by atoms with E-state index in [1.54, 1.807) is 16.7 Å². The smallest absolute Gasteiger partial charge is 0.243 e. The van der Waals surface area contributed by atoms with Gasteiger partial charge < -0.3 is 10.2 Å². The van der Waals surface area contributed by atoms with Gasteiger partial charge >= 0.3 is 0 Å². The standard InChI is InChI=1S/C31H37ClN2O2S/c1-23(2)21-33-31(36)29(20-25-11-5-4-6-12-25)34(22-26-13-8-7-10-24(26)3)30(35)14-9-19-37-28-17-15-27(32)16-18-28/h4-8,10-13,15-18,23,29H,9,14,19-22H2,1-3H3,(H,33,36)/t29-/m1/s1. The summed E-state index contributed by atoms with van der Waals surface area (Å²) in [5.74, 6) is 1.04. The van der Waals surface area contributed by atoms with Crippen LogP contribution in [0.4, 0.5) is 0 Å². The Labute approximate surface area is 230 Å². The molecule has 0 saturated heterocycles. The van der Waals surface area contributed by atoms with Crippen molar-refractivity contribution in [1.29, 1.82) is 0 Å². The second kappa shape index (κ2) is 14.8. The number of nitrogens with zero attached hydrogens (tertiary/aromatic N) is 1. The second-order valence-electron chi connectivity index (χ2n) is 9.70. The molecular formula is C31H37ClN2O2S. The molecule has 4 nitrogen and oxygen atoms in total. The number of nitrogens with one attached hydrogen (secondary N) is 1. The highest BCUT2D eigenvalue weighted by Gasteiger charge is 2.30. The van der Waals surface area contributed by atoms with Gasteiger partial charge in [0.15, 0.2) is 0 Å². The van der Waals surface area contributed by atoms with E-state index in [4.69, 9.17) is 11.6 Å². The van der Waals surface area contributed by atoms with Crippen molar-refractivity contribution >= 4 is 35.2 Å². The van der Waals surface area contributed by atoms with E-state index >= 15 is 0 Å². The first kappa shape index (κ1) is 28.8. The molecule has 0 aromatic heterocycles. The molecule has 0 aliphatic carbocycles. The topological polar surface area (TPSA) is 49.4 Å². The molecule has 0 unspecified atom stereocenters. The zero-order valence-corrected chi connectivity index (χ0v) is 23.5. The van der Waals surface area contributed by atoms with Gasteiger partial charge in [-0.15, -0.1) is 11.8 Å². The van der Waals surface area contributed by atoms with Gasteiger partial charge in [0.1, 0.15) is 6.04 Å². The molecule has 0 heterocycles. The van der Waals surface area contributed by atoms with Gasteiger partial charge in [-0.2, -0.15) is 0 Å². The van der Waals surface area contributed by atoms with E-state index in [1.807, 2.05) is 85.8 Å². The summed E-state index contributed by atoms with van der Waals surface area (Å²) in [7, 11) is 0. The van der Waals surface area contributed by atoms with Crippen molar-refractivity contribution in [3.05, 3.63) is 101 Å². The molecule has 6 heteroatoms. The lowest BCUT2D eigenvalue weighted by atomic mass is 10.0. The number of carbonyl (C=O) groups excluding carboxylic acids is 2. The summed E-state index contributed by atoms with van der Waals surface area (Å²) < 4.78 is 0. The van der Waals surface area contributed by atoms with Crippen LogP contribution in [0.2, 0.25) is 5.02 Å². The number of halogens is 1. The van der Waals surface area contributed by atoms with Crippen LogP contribution in [0.15, 0.2) is 83.8 Å². The number of benzene rings is 3. The minimum atomic E-state index is -0.586. The molecular weight excluding hydrogens is 500 g/mol. The Morgan fingerprint density at radius 1 is 0.946 bits per heavy atom. The van der Waals surface area contributed by atoms with Crippen LogP contribution in [0.25, 0.3) is 0 Å². The highest BCUT2D eigenvalue weighted by Crippen LogP contribution is 2.23. The summed E-state index contributed by atoms with van der Waals surface area (Å²) in [5.41, 5.74) is 3.20. The van der Waals surface area contributed by atoms with Crippen LogP contribution in [-0.4, -0.2) is 35.1 Å². The lowest BCUT2D eigenvalue weighted by Crippen LogP contribution is -2.51. The van der Waals surface area contributed by atoms with Gasteiger partial charge in [0.25, 0.3) is 0 Å². The van der Waals surface area contributed by atoms with E-state index in [1.165, 1.54) is 0 Å². The third-order valence-corrected chi connectivity index (χ3v) is 7.53. The summed E-state index contributed by atoms with van der Waals surface area (Å²) in [4.78, 5) is 30.1. The number of hydrogen-bond acceptors (Lipinski definition) is 3. The molecule has 1 atom stereocenters. The molecule has 196 valence electrons. The summed E-state index contributed by atoms with van der Waals surface area (Å²) in [6.45, 7) is 7.17. The van der Waals surface area contributed by atoms with Gasteiger partial charge in [0.2, 0.25) is 11.8 Å². The predicted molar refractivity (Wildman–Crippen MR) is 155 cm³/mol. The van der Waals surface area contributed by atoms with E-state index in [2.05, 4.69) is 19.2 Å². The number of amides is 2. The maximum Gasteiger partial charge on any atom is 0.243 e. The Hall–Kier alpha value is -2.76. The molecule has 2 amide bonds. The minimum Gasteiger partial charge on any atom is -0.354 e. The van der Waals surface area contributed by atoms with Gasteiger partial charge in [0.05, 0.1) is 0 Å². The van der Waals surface area contributed by atoms with E-state index < -0.39 is 6.04 Å². The van der Waals surface area contributed by atoms with Crippen LogP contribution < -0.4 is 5.32 Å². The Morgan fingerprint density at radius 2 is 1.62 bits per heavy atom. The van der Waals surface area contributed by atoms with Gasteiger partial charge in [-0.1, -0.05) is 80.0 Å². The van der Waals surface area contributed by atoms with Gasteiger partial charge in [0, 0.05) is 35.8 Å². The first-order valence-electron chi connectivity index (χ1n) is 12.9. The lowest BCUT2D eigenvalue weighted by molar-refractivity contribution is -0.141. The molecule has 1 N–H and O–H groups in total. The third kappa shape index (κ3) is 9.56. The summed E-state index contributed by atoms with van der Waals surface area (Å²) >= 11 is 7.70. The molecule has 0 spiro atoms. The third-order valence-electron chi connectivity index (χ3n) is 6.17. The van der Waals surface area contributed by atoms with Crippen molar-refractivity contribution in [3.8, 4) is 0 Å². The average molecular weight is 537 g/mol. The maximum absolute atomic E-state index is 13.7. The molecule has 0 saturated carbocycles. The Balaban J connectivity index is 1.79. The normalized spacial score (nSPS) is 11.8. The largest absolute Gasteiger partial charge is 0.354 e. The zero-order chi connectivity index (χ0) is 26.6. The molecule has 0 bridgehead atoms. The maximum atomic E-state index is 13.7. The SMILES string of the molecule is Cc1ccccc1CN(C(=O)CCCSc1ccc(Cl)cc1)[C@H](Cc1ccccc1)C(=O)NCC(C)C. The zero-order valence-electron chi connectivity index (χ0n) is 22.0. The first-order valence-corrected chi connectivity index (χ1v) is 14.2. The summed E-state index contributed by atoms with van der Waals surface area (Å²) in [6.07, 6.45) is 1.58. The number of aryl methyl sites for hydroxylation is 1. The van der Waals surface area contributed by atoms with Crippen LogP contribution in [-0.2, 0) is 22.6 Å². The summed E-state index contributed by atoms with van der Waals surface area (Å²) in [6, 6.07) is 25.2. The fraction of sp³-hybridized carbons (Fsp3) is 0.355. The fourth-order valence-corrected chi connectivity index (χ4v) is 5.01. The van der Waals surface area contributed by atoms with Crippen LogP contribution in [0, 0.1) is 12.8 Å². The van der Waals surface area contributed by atoms with Gasteiger partial charge in [-0.25, -0.2) is 0 Å². The molecule has 3 rings (SSSR count). The fourth-order valence-electron chi connectivity index (χ4n) is 4.04. The summed E-state index contributed by atoms with van der Waals surface area (Å²) in [5, 5.41) is 3.80. The number of rotatable bonds is 13. The first-order chi connectivity index (χ1) is 17.8. The molecule has 0 fully saturated rings. The lowest BCUT2D eigenvalue weighted by Gasteiger charge is -2.32. The van der Waals surface area contributed by atoms with Crippen LogP contribution in [0.5, 0.6) is 0 Å². The predicted octanol–water partition coefficient (Wildman–Crippen LogP) is 6.93. The molecule has 3 aromatic carbocycles. The molecule has 0 aliphatic rings. The van der Waals surface area contributed by atoms with E-state index in [0.29, 0.717) is 36.9 Å². The molecule has 0 aliphatic heterocycles. The van der Waals surface area contributed by atoms with Crippen molar-refractivity contribution in [1.82, 2.24) is 10.2 Å². The highest BCUT2D eigenvalue weighted by molar-refractivity contribution is 7.99. The van der Waals surface area contributed by atoms with Crippen molar-refractivity contribution < 1.29 is 9.59 Å². The molecule has 3 aromatic rings. The average Bonchev–Trinajstić information content (AvgIpc) is 2.89. The van der Waals surface area contributed by atoms with Crippen molar-refractivity contribution in [2.24, 2.45) is 5.92 Å². The van der Waals surface area contributed by atoms with Crippen molar-refractivity contribution in [3.63, 3.8) is 0 Å². The van der Waals surface area contributed by atoms with Crippen LogP contribution >= 0.6 is 23.4 Å². The van der Waals surface area contributed by atoms with Gasteiger partial charge in [-0.3, -0.25) is 9.59 Å². The monoisotopic (exact) mass is 536 g/mol. The van der Waals surface area contributed by atoms with Crippen LogP contribution in [0.1, 0.15) is 43.4 Å². The second-order valence-corrected chi connectivity index (χ2v) is 11.3. The van der Waals surface area contributed by atoms with Crippen molar-refractivity contribution in [2.45, 2.75) is 57.5 Å². The minimum absolute atomic E-state index is 0.000544. The number of carbonyl (C=O) groups is 2. The van der Waals surface area contributed by atoms with E-state index in [0.717, 1.165) is 33.8 Å². The van der Waals surface area contributed by atoms with E-state index in [9.17, 15) is 9.59 Å². The molecule has 37 heavy (non-hydrogen) atoms. The molecule has 0 radical (unpaired) electrons. The van der Waals surface area contributed by atoms with Gasteiger partial charge in [-0.05, 0) is 66.0 Å². The highest BCUT2D eigenvalue weighted by atomic mass is 35.5. The Bertz CT molecular complexity index is 1140. The Morgan fingerprint density at radius 3 is 2.30 bits per heavy atom. The number of thioether (sulfide) groups is 1. The number of hydrogen-bond donors (Lipinski definition) is 1. The quantitative estimate of drug-likeness (QED) is 0.190.